The SMILES string of the molecule is CN(C)[P@@](=O)(Cl)OC[C@@H]1CN(C(c2ccccc2)(c2ccccc2)c2ccccc2)CC(n2cnc3c(NC(=O)c4ccccc4)ncnc32)O1. The molecule has 1 aliphatic heterocycles. The van der Waals surface area contributed by atoms with Gasteiger partial charge in [-0.25, -0.2) is 19.6 Å². The van der Waals surface area contributed by atoms with E-state index in [0.717, 1.165) is 16.7 Å². The lowest BCUT2D eigenvalue weighted by Gasteiger charge is -2.50. The number of nitrogens with zero attached hydrogens (tertiary/aromatic N) is 6. The molecule has 11 nitrogen and oxygen atoms in total. The smallest absolute Gasteiger partial charge is 0.350 e. The average molecular weight is 722 g/mol. The molecule has 0 bridgehead atoms. The maximum Gasteiger partial charge on any atom is 0.362 e. The van der Waals surface area contributed by atoms with Crippen molar-refractivity contribution in [1.82, 2.24) is 29.1 Å². The molecular formula is C38H37ClN7O4P. The zero-order valence-corrected chi connectivity index (χ0v) is 29.8. The molecule has 2 aromatic heterocycles. The molecule has 1 aliphatic rings. The van der Waals surface area contributed by atoms with Crippen LogP contribution in [-0.2, 0) is 19.4 Å². The molecule has 13 heteroatoms. The normalized spacial score (nSPS) is 18.0. The van der Waals surface area contributed by atoms with Gasteiger partial charge < -0.3 is 14.6 Å². The lowest BCUT2D eigenvalue weighted by Crippen LogP contribution is -2.57. The van der Waals surface area contributed by atoms with E-state index in [1.807, 2.05) is 65.2 Å². The molecule has 0 saturated carbocycles. The van der Waals surface area contributed by atoms with Crippen LogP contribution >= 0.6 is 18.1 Å². The van der Waals surface area contributed by atoms with Gasteiger partial charge in [0.1, 0.15) is 12.6 Å². The number of amides is 1. The summed E-state index contributed by atoms with van der Waals surface area (Å²) in [6, 6.07) is 40.0. The van der Waals surface area contributed by atoms with Crippen molar-refractivity contribution in [3.05, 3.63) is 156 Å². The number of nitrogens with one attached hydrogen (secondary N) is 1. The topological polar surface area (TPSA) is 115 Å². The summed E-state index contributed by atoms with van der Waals surface area (Å²) < 4.78 is 29.0. The first-order valence-electron chi connectivity index (χ1n) is 16.5. The zero-order valence-electron chi connectivity index (χ0n) is 28.1. The number of ether oxygens (including phenoxy) is 1. The van der Waals surface area contributed by atoms with Gasteiger partial charge in [-0.2, -0.15) is 0 Å². The summed E-state index contributed by atoms with van der Waals surface area (Å²) in [6.45, 7) is -2.85. The Balaban J connectivity index is 1.34. The number of imidazole rings is 1. The number of aromatic nitrogens is 4. The van der Waals surface area contributed by atoms with Crippen LogP contribution in [0.1, 0.15) is 33.3 Å². The van der Waals surface area contributed by atoms with Crippen molar-refractivity contribution < 1.29 is 18.6 Å². The largest absolute Gasteiger partial charge is 0.362 e. The summed E-state index contributed by atoms with van der Waals surface area (Å²) in [6.07, 6.45) is 1.81. The maximum absolute atomic E-state index is 13.1. The first-order chi connectivity index (χ1) is 24.8. The molecule has 6 aromatic rings. The third-order valence-electron chi connectivity index (χ3n) is 9.03. The minimum atomic E-state index is -3.60. The average Bonchev–Trinajstić information content (AvgIpc) is 3.61. The quantitative estimate of drug-likeness (QED) is 0.110. The minimum Gasteiger partial charge on any atom is -0.350 e. The molecule has 1 saturated heterocycles. The van der Waals surface area contributed by atoms with E-state index in [1.165, 1.54) is 11.0 Å². The summed E-state index contributed by atoms with van der Waals surface area (Å²) in [7, 11) is 3.22. The van der Waals surface area contributed by atoms with Gasteiger partial charge in [-0.1, -0.05) is 109 Å². The fraction of sp³-hybridized carbons (Fsp3) is 0.211. The number of anilines is 1. The number of benzene rings is 4. The second-order valence-electron chi connectivity index (χ2n) is 12.4. The summed E-state index contributed by atoms with van der Waals surface area (Å²) in [4.78, 5) is 29.0. The van der Waals surface area contributed by atoms with Crippen LogP contribution in [0.15, 0.2) is 134 Å². The number of hydrogen-bond donors (Lipinski definition) is 1. The number of carbonyl (C=O) groups is 1. The third kappa shape index (κ3) is 6.97. The van der Waals surface area contributed by atoms with E-state index >= 15 is 0 Å². The Labute approximate surface area is 301 Å². The molecule has 1 fully saturated rings. The second-order valence-corrected chi connectivity index (χ2v) is 15.6. The van der Waals surface area contributed by atoms with Crippen molar-refractivity contribution >= 4 is 41.0 Å². The molecule has 1 unspecified atom stereocenters. The molecular weight excluding hydrogens is 685 g/mol. The molecule has 0 radical (unpaired) electrons. The highest BCUT2D eigenvalue weighted by atomic mass is 35.7. The van der Waals surface area contributed by atoms with Crippen molar-refractivity contribution in [2.24, 2.45) is 0 Å². The van der Waals surface area contributed by atoms with Crippen LogP contribution in [0.25, 0.3) is 11.2 Å². The molecule has 0 aliphatic carbocycles. The highest BCUT2D eigenvalue weighted by Crippen LogP contribution is 2.54. The van der Waals surface area contributed by atoms with Crippen LogP contribution in [0.3, 0.4) is 0 Å². The Morgan fingerprint density at radius 2 is 1.41 bits per heavy atom. The first-order valence-corrected chi connectivity index (χ1v) is 19.0. The Morgan fingerprint density at radius 1 is 0.863 bits per heavy atom. The number of morpholine rings is 1. The van der Waals surface area contributed by atoms with E-state index in [4.69, 9.17) is 20.5 Å². The van der Waals surface area contributed by atoms with E-state index in [1.54, 1.807) is 44.7 Å². The second kappa shape index (κ2) is 14.9. The van der Waals surface area contributed by atoms with Gasteiger partial charge in [0, 0.05) is 18.7 Å². The van der Waals surface area contributed by atoms with E-state index < -0.39 is 24.7 Å². The lowest BCUT2D eigenvalue weighted by atomic mass is 9.75. The van der Waals surface area contributed by atoms with Crippen molar-refractivity contribution in [1.29, 1.82) is 0 Å². The van der Waals surface area contributed by atoms with E-state index in [2.05, 4.69) is 61.6 Å². The van der Waals surface area contributed by atoms with Gasteiger partial charge in [0.25, 0.3) is 5.91 Å². The van der Waals surface area contributed by atoms with E-state index in [0.29, 0.717) is 29.8 Å². The predicted octanol–water partition coefficient (Wildman–Crippen LogP) is 7.20. The third-order valence-corrected chi connectivity index (χ3v) is 11.7. The van der Waals surface area contributed by atoms with Gasteiger partial charge in [0.05, 0.1) is 24.6 Å². The number of fused-ring (bicyclic) bond motifs is 1. The Hall–Kier alpha value is -4.74. The van der Waals surface area contributed by atoms with Crippen LogP contribution < -0.4 is 5.32 Å². The van der Waals surface area contributed by atoms with E-state index in [9.17, 15) is 9.36 Å². The highest BCUT2D eigenvalue weighted by molar-refractivity contribution is 7.83. The molecule has 3 atom stereocenters. The van der Waals surface area contributed by atoms with Crippen molar-refractivity contribution in [2.45, 2.75) is 17.9 Å². The molecule has 0 spiro atoms. The summed E-state index contributed by atoms with van der Waals surface area (Å²) in [5.41, 5.74) is 3.77. The fourth-order valence-corrected chi connectivity index (χ4v) is 7.39. The molecule has 260 valence electrons. The predicted molar refractivity (Wildman–Crippen MR) is 198 cm³/mol. The van der Waals surface area contributed by atoms with Crippen LogP contribution in [0.2, 0.25) is 0 Å². The Bertz CT molecular complexity index is 2040. The van der Waals surface area contributed by atoms with Crippen molar-refractivity contribution in [2.75, 3.05) is 39.1 Å². The molecule has 4 aromatic carbocycles. The monoisotopic (exact) mass is 721 g/mol. The molecule has 3 heterocycles. The molecule has 1 N–H and O–H groups in total. The zero-order chi connectivity index (χ0) is 35.4. The van der Waals surface area contributed by atoms with Gasteiger partial charge >= 0.3 is 6.87 Å². The van der Waals surface area contributed by atoms with Crippen molar-refractivity contribution in [3.8, 4) is 0 Å². The number of halogens is 1. The number of rotatable bonds is 11. The van der Waals surface area contributed by atoms with Gasteiger partial charge in [-0.15, -0.1) is 0 Å². The lowest BCUT2D eigenvalue weighted by molar-refractivity contribution is -0.145. The maximum atomic E-state index is 13.1. The Kier molecular flexibility index (Phi) is 10.1. The van der Waals surface area contributed by atoms with Gasteiger partial charge in [-0.05, 0) is 54.2 Å². The van der Waals surface area contributed by atoms with Gasteiger partial charge in [0.2, 0.25) is 0 Å². The first kappa shape index (κ1) is 34.7. The fourth-order valence-electron chi connectivity index (χ4n) is 6.64. The van der Waals surface area contributed by atoms with Crippen LogP contribution in [0.5, 0.6) is 0 Å². The van der Waals surface area contributed by atoms with Crippen LogP contribution in [0.4, 0.5) is 5.82 Å². The van der Waals surface area contributed by atoms with Crippen LogP contribution in [0, 0.1) is 0 Å². The summed E-state index contributed by atoms with van der Waals surface area (Å²) >= 11 is 6.35. The number of hydrogen-bond acceptors (Lipinski definition) is 8. The Morgan fingerprint density at radius 3 is 1.96 bits per heavy atom. The number of carbonyl (C=O) groups excluding carboxylic acids is 1. The van der Waals surface area contributed by atoms with Crippen LogP contribution in [-0.4, -0.2) is 74.9 Å². The van der Waals surface area contributed by atoms with E-state index in [-0.39, 0.29) is 18.3 Å². The molecule has 51 heavy (non-hydrogen) atoms. The standard InChI is InChI=1S/C38H37ClN7O4P/c1-44(2)51(39,48)49-25-32-23-45(38(29-17-9-4-10-18-29,30-19-11-5-12-20-30)31-21-13-6-14-22-31)24-33(50-32)46-27-42-34-35(40-26-41-36(34)46)43-37(47)28-15-7-3-8-16-28/h3-22,26-27,32-33H,23-25H2,1-2H3,(H,40,41,43,47)/t32-,33?,51+/m0/s1. The molecule has 1 amide bonds. The summed E-state index contributed by atoms with van der Waals surface area (Å²) in [5.74, 6) is -0.0337. The minimum absolute atomic E-state index is 0.0413. The summed E-state index contributed by atoms with van der Waals surface area (Å²) in [5, 5.41) is 2.88. The van der Waals surface area contributed by atoms with Crippen molar-refractivity contribution in [3.63, 3.8) is 0 Å². The van der Waals surface area contributed by atoms with Gasteiger partial charge in [0.15, 0.2) is 17.0 Å². The highest BCUT2D eigenvalue weighted by Gasteiger charge is 2.47. The van der Waals surface area contributed by atoms with Gasteiger partial charge in [-0.3, -0.25) is 18.8 Å². The molecule has 7 rings (SSSR count).